The van der Waals surface area contributed by atoms with Crippen LogP contribution in [0.3, 0.4) is 0 Å². The topological polar surface area (TPSA) is 74.8 Å². The fourth-order valence-electron chi connectivity index (χ4n) is 1.94. The lowest BCUT2D eigenvalue weighted by Crippen LogP contribution is -2.24. The highest BCUT2D eigenvalue weighted by Gasteiger charge is 2.18. The van der Waals surface area contributed by atoms with Gasteiger partial charge in [0, 0.05) is 6.54 Å². The van der Waals surface area contributed by atoms with Crippen LogP contribution in [-0.2, 0) is 23.0 Å². The van der Waals surface area contributed by atoms with Crippen LogP contribution < -0.4 is 4.72 Å². The lowest BCUT2D eigenvalue weighted by Gasteiger charge is -2.09. The van der Waals surface area contributed by atoms with Gasteiger partial charge in [-0.15, -0.1) is 0 Å². The highest BCUT2D eigenvalue weighted by molar-refractivity contribution is 7.89. The van der Waals surface area contributed by atoms with E-state index in [1.165, 1.54) is 6.20 Å². The minimum absolute atomic E-state index is 0.196. The summed E-state index contributed by atoms with van der Waals surface area (Å²) in [6, 6.07) is 7.80. The second-order valence-corrected chi connectivity index (χ2v) is 6.04. The molecule has 0 aliphatic heterocycles. The van der Waals surface area contributed by atoms with E-state index >= 15 is 0 Å². The van der Waals surface area contributed by atoms with Crippen LogP contribution in [0.15, 0.2) is 35.4 Å². The number of hydrogen-bond acceptors (Lipinski definition) is 3. The molecule has 1 aromatic heterocycles. The SMILES string of the molecule is CCc1ccccc1CNS(=O)(=O)c1cn[nH]c1C. The third kappa shape index (κ3) is 3.02. The molecule has 0 fully saturated rings. The first-order chi connectivity index (χ1) is 9.04. The molecule has 0 saturated carbocycles. The molecule has 0 spiro atoms. The minimum Gasteiger partial charge on any atom is -0.281 e. The summed E-state index contributed by atoms with van der Waals surface area (Å²) in [7, 11) is -3.51. The lowest BCUT2D eigenvalue weighted by atomic mass is 10.1. The number of aryl methyl sites for hydroxylation is 2. The van der Waals surface area contributed by atoms with E-state index in [9.17, 15) is 8.42 Å². The molecule has 0 radical (unpaired) electrons. The molecule has 19 heavy (non-hydrogen) atoms. The largest absolute Gasteiger partial charge is 0.281 e. The van der Waals surface area contributed by atoms with Gasteiger partial charge in [-0.05, 0) is 24.5 Å². The Bertz CT molecular complexity index is 662. The number of nitrogens with zero attached hydrogens (tertiary/aromatic N) is 1. The van der Waals surface area contributed by atoms with Crippen molar-refractivity contribution >= 4 is 10.0 Å². The molecular formula is C13H17N3O2S. The van der Waals surface area contributed by atoms with E-state index < -0.39 is 10.0 Å². The summed E-state index contributed by atoms with van der Waals surface area (Å²) in [6.45, 7) is 4.02. The highest BCUT2D eigenvalue weighted by Crippen LogP contribution is 2.13. The van der Waals surface area contributed by atoms with Gasteiger partial charge >= 0.3 is 0 Å². The van der Waals surface area contributed by atoms with Crippen LogP contribution in [0.2, 0.25) is 0 Å². The third-order valence-electron chi connectivity index (χ3n) is 3.03. The number of aromatic nitrogens is 2. The van der Waals surface area contributed by atoms with Crippen molar-refractivity contribution in [1.82, 2.24) is 14.9 Å². The number of benzene rings is 1. The maximum absolute atomic E-state index is 12.1. The average Bonchev–Trinajstić information content (AvgIpc) is 2.84. The zero-order chi connectivity index (χ0) is 13.9. The van der Waals surface area contributed by atoms with Gasteiger partial charge in [0.05, 0.1) is 11.9 Å². The summed E-state index contributed by atoms with van der Waals surface area (Å²) in [5.74, 6) is 0. The molecule has 0 saturated heterocycles. The van der Waals surface area contributed by atoms with Crippen molar-refractivity contribution in [3.8, 4) is 0 Å². The van der Waals surface area contributed by atoms with Crippen molar-refractivity contribution in [3.63, 3.8) is 0 Å². The monoisotopic (exact) mass is 279 g/mol. The van der Waals surface area contributed by atoms with Gasteiger partial charge in [0.15, 0.2) is 0 Å². The Morgan fingerprint density at radius 1 is 1.26 bits per heavy atom. The van der Waals surface area contributed by atoms with Crippen LogP contribution in [0.5, 0.6) is 0 Å². The van der Waals surface area contributed by atoms with Crippen molar-refractivity contribution in [1.29, 1.82) is 0 Å². The van der Waals surface area contributed by atoms with Gasteiger partial charge in [-0.25, -0.2) is 13.1 Å². The van der Waals surface area contributed by atoms with Crippen molar-refractivity contribution in [3.05, 3.63) is 47.3 Å². The second kappa shape index (κ2) is 5.54. The first-order valence-corrected chi connectivity index (χ1v) is 7.59. The van der Waals surface area contributed by atoms with E-state index in [-0.39, 0.29) is 11.4 Å². The summed E-state index contributed by atoms with van der Waals surface area (Å²) in [6.07, 6.45) is 2.20. The quantitative estimate of drug-likeness (QED) is 0.875. The van der Waals surface area contributed by atoms with Gasteiger partial charge in [0.2, 0.25) is 10.0 Å². The Morgan fingerprint density at radius 2 is 1.95 bits per heavy atom. The predicted molar refractivity (Wildman–Crippen MR) is 73.2 cm³/mol. The normalized spacial score (nSPS) is 11.7. The molecule has 2 N–H and O–H groups in total. The molecule has 2 aromatic rings. The van der Waals surface area contributed by atoms with Crippen LogP contribution in [0.1, 0.15) is 23.7 Å². The second-order valence-electron chi connectivity index (χ2n) is 4.31. The van der Waals surface area contributed by atoms with Gasteiger partial charge in [-0.1, -0.05) is 31.2 Å². The fraction of sp³-hybridized carbons (Fsp3) is 0.308. The Balaban J connectivity index is 2.17. The van der Waals surface area contributed by atoms with Gasteiger partial charge in [-0.2, -0.15) is 5.10 Å². The standard InChI is InChI=1S/C13H17N3O2S/c1-3-11-6-4-5-7-12(11)8-15-19(17,18)13-9-14-16-10(13)2/h4-7,9,15H,3,8H2,1-2H3,(H,14,16). The molecule has 6 heteroatoms. The Kier molecular flexibility index (Phi) is 4.01. The number of aromatic amines is 1. The molecule has 0 atom stereocenters. The van der Waals surface area contributed by atoms with Gasteiger partial charge in [0.25, 0.3) is 0 Å². The molecule has 0 amide bonds. The van der Waals surface area contributed by atoms with Crippen molar-refractivity contribution in [2.24, 2.45) is 0 Å². The zero-order valence-corrected chi connectivity index (χ0v) is 11.8. The van der Waals surface area contributed by atoms with Crippen LogP contribution in [0, 0.1) is 6.92 Å². The Hall–Kier alpha value is -1.66. The molecule has 0 aliphatic carbocycles. The maximum atomic E-state index is 12.1. The zero-order valence-electron chi connectivity index (χ0n) is 11.0. The molecule has 1 heterocycles. The van der Waals surface area contributed by atoms with Crippen LogP contribution in [0.25, 0.3) is 0 Å². The fourth-order valence-corrected chi connectivity index (χ4v) is 3.08. The number of nitrogens with one attached hydrogen (secondary N) is 2. The molecule has 1 aromatic carbocycles. The molecule has 2 rings (SSSR count). The summed E-state index contributed by atoms with van der Waals surface area (Å²) in [5.41, 5.74) is 2.68. The summed E-state index contributed by atoms with van der Waals surface area (Å²) in [4.78, 5) is 0.196. The molecule has 0 unspecified atom stereocenters. The van der Waals surface area contributed by atoms with E-state index in [1.54, 1.807) is 6.92 Å². The minimum atomic E-state index is -3.51. The van der Waals surface area contributed by atoms with Gasteiger partial charge in [0.1, 0.15) is 4.90 Å². The van der Waals surface area contributed by atoms with Gasteiger partial charge < -0.3 is 0 Å². The number of hydrogen-bond donors (Lipinski definition) is 2. The number of rotatable bonds is 5. The Morgan fingerprint density at radius 3 is 2.53 bits per heavy atom. The van der Waals surface area contributed by atoms with Crippen molar-refractivity contribution in [2.45, 2.75) is 31.7 Å². The van der Waals surface area contributed by atoms with Crippen LogP contribution in [-0.4, -0.2) is 18.6 Å². The smallest absolute Gasteiger partial charge is 0.244 e. The predicted octanol–water partition coefficient (Wildman–Crippen LogP) is 1.76. The Labute approximate surface area is 113 Å². The van der Waals surface area contributed by atoms with E-state index in [1.807, 2.05) is 31.2 Å². The summed E-state index contributed by atoms with van der Waals surface area (Å²) in [5, 5.41) is 6.36. The van der Waals surface area contributed by atoms with E-state index in [2.05, 4.69) is 14.9 Å². The van der Waals surface area contributed by atoms with E-state index in [0.717, 1.165) is 17.5 Å². The summed E-state index contributed by atoms with van der Waals surface area (Å²) >= 11 is 0. The van der Waals surface area contributed by atoms with Crippen LogP contribution >= 0.6 is 0 Å². The summed E-state index contributed by atoms with van der Waals surface area (Å²) < 4.78 is 26.8. The van der Waals surface area contributed by atoms with E-state index in [0.29, 0.717) is 5.69 Å². The van der Waals surface area contributed by atoms with Crippen molar-refractivity contribution in [2.75, 3.05) is 0 Å². The van der Waals surface area contributed by atoms with Gasteiger partial charge in [-0.3, -0.25) is 5.10 Å². The van der Waals surface area contributed by atoms with Crippen molar-refractivity contribution < 1.29 is 8.42 Å². The number of H-pyrrole nitrogens is 1. The average molecular weight is 279 g/mol. The maximum Gasteiger partial charge on any atom is 0.244 e. The lowest BCUT2D eigenvalue weighted by molar-refractivity contribution is 0.580. The third-order valence-corrected chi connectivity index (χ3v) is 4.54. The first-order valence-electron chi connectivity index (χ1n) is 6.11. The van der Waals surface area contributed by atoms with Crippen LogP contribution in [0.4, 0.5) is 0 Å². The number of sulfonamides is 1. The molecule has 0 aliphatic rings. The highest BCUT2D eigenvalue weighted by atomic mass is 32.2. The molecule has 5 nitrogen and oxygen atoms in total. The van der Waals surface area contributed by atoms with E-state index in [4.69, 9.17) is 0 Å². The molecule has 102 valence electrons. The molecular weight excluding hydrogens is 262 g/mol. The first kappa shape index (κ1) is 13.8. The molecule has 0 bridgehead atoms.